The molecule has 0 radical (unpaired) electrons. The Morgan fingerprint density at radius 2 is 1.97 bits per heavy atom. The van der Waals surface area contributed by atoms with Crippen molar-refractivity contribution in [1.29, 1.82) is 0 Å². The molecule has 2 N–H and O–H groups in total. The maximum absolute atomic E-state index is 13.7. The summed E-state index contributed by atoms with van der Waals surface area (Å²) in [6.07, 6.45) is 5.28. The Morgan fingerprint density at radius 3 is 2.71 bits per heavy atom. The Hall–Kier alpha value is -3.26. The van der Waals surface area contributed by atoms with Crippen LogP contribution in [0.1, 0.15) is 60.9 Å². The van der Waals surface area contributed by atoms with Crippen molar-refractivity contribution in [2.75, 3.05) is 0 Å². The van der Waals surface area contributed by atoms with Gasteiger partial charge < -0.3 is 9.67 Å². The number of carbonyl (C=O) groups is 2. The highest BCUT2D eigenvalue weighted by Gasteiger charge is 2.27. The van der Waals surface area contributed by atoms with E-state index in [2.05, 4.69) is 10.5 Å². The molecule has 0 saturated carbocycles. The number of fused-ring (bicyclic) bond motifs is 1. The van der Waals surface area contributed by atoms with Gasteiger partial charge in [0, 0.05) is 21.8 Å². The van der Waals surface area contributed by atoms with Crippen LogP contribution in [0, 0.1) is 19.7 Å². The van der Waals surface area contributed by atoms with Crippen LogP contribution in [-0.2, 0) is 12.8 Å². The summed E-state index contributed by atoms with van der Waals surface area (Å²) in [5.41, 5.74) is 6.05. The van der Waals surface area contributed by atoms with Gasteiger partial charge in [-0.25, -0.2) is 14.6 Å². The topological polar surface area (TPSA) is 83.7 Å². The van der Waals surface area contributed by atoms with E-state index in [9.17, 15) is 19.1 Å². The van der Waals surface area contributed by atoms with Crippen molar-refractivity contribution in [2.24, 2.45) is 5.10 Å². The summed E-state index contributed by atoms with van der Waals surface area (Å²) < 4.78 is 15.7. The van der Waals surface area contributed by atoms with Crippen LogP contribution in [-0.4, -0.2) is 27.8 Å². The molecule has 0 fully saturated rings. The molecular formula is C23H22FN3O3S. The molecule has 0 unspecified atom stereocenters. The number of hydrazone groups is 1. The van der Waals surface area contributed by atoms with Crippen LogP contribution in [0.4, 0.5) is 4.39 Å². The van der Waals surface area contributed by atoms with Crippen LogP contribution in [0.5, 0.6) is 0 Å². The van der Waals surface area contributed by atoms with Crippen molar-refractivity contribution in [1.82, 2.24) is 9.99 Å². The zero-order chi connectivity index (χ0) is 22.1. The quantitative estimate of drug-likeness (QED) is 0.449. The molecule has 0 atom stereocenters. The van der Waals surface area contributed by atoms with Crippen LogP contribution in [0.15, 0.2) is 35.4 Å². The first kappa shape index (κ1) is 21.0. The molecule has 1 amide bonds. The molecule has 8 heteroatoms. The van der Waals surface area contributed by atoms with Crippen molar-refractivity contribution >= 4 is 29.4 Å². The number of aryl methyl sites for hydroxylation is 2. The van der Waals surface area contributed by atoms with Gasteiger partial charge in [0.25, 0.3) is 5.91 Å². The minimum absolute atomic E-state index is 0.0830. The Kier molecular flexibility index (Phi) is 5.73. The van der Waals surface area contributed by atoms with E-state index >= 15 is 0 Å². The average Bonchev–Trinajstić information content (AvgIpc) is 3.24. The van der Waals surface area contributed by atoms with Gasteiger partial charge in [0.15, 0.2) is 0 Å². The molecule has 0 aliphatic heterocycles. The Balaban J connectivity index is 1.64. The summed E-state index contributed by atoms with van der Waals surface area (Å²) in [7, 11) is 0. The van der Waals surface area contributed by atoms with E-state index in [-0.39, 0.29) is 5.56 Å². The molecule has 1 aliphatic rings. The Bertz CT molecular complexity index is 1210. The number of aromatic nitrogens is 1. The second-order valence-corrected chi connectivity index (χ2v) is 8.62. The molecule has 0 spiro atoms. The molecule has 1 aromatic carbocycles. The molecule has 160 valence electrons. The summed E-state index contributed by atoms with van der Waals surface area (Å²) in [5.74, 6) is -2.16. The molecule has 2 heterocycles. The van der Waals surface area contributed by atoms with E-state index in [0.717, 1.165) is 53.1 Å². The summed E-state index contributed by atoms with van der Waals surface area (Å²) in [6.45, 7) is 3.80. The predicted octanol–water partition coefficient (Wildman–Crippen LogP) is 4.64. The zero-order valence-electron chi connectivity index (χ0n) is 17.2. The van der Waals surface area contributed by atoms with Gasteiger partial charge in [-0.05, 0) is 63.3 Å². The first-order valence-corrected chi connectivity index (χ1v) is 10.8. The third-order valence-electron chi connectivity index (χ3n) is 5.53. The number of carboxylic acids is 1. The molecule has 3 aromatic rings. The Morgan fingerprint density at radius 1 is 1.23 bits per heavy atom. The van der Waals surface area contributed by atoms with Crippen LogP contribution < -0.4 is 5.43 Å². The number of hydrogen-bond donors (Lipinski definition) is 2. The fraction of sp³-hybridized carbons (Fsp3) is 0.261. The summed E-state index contributed by atoms with van der Waals surface area (Å²) in [6, 6.07) is 7.58. The van der Waals surface area contributed by atoms with Crippen molar-refractivity contribution in [3.8, 4) is 5.00 Å². The number of halogens is 1. The van der Waals surface area contributed by atoms with Gasteiger partial charge in [-0.1, -0.05) is 12.1 Å². The van der Waals surface area contributed by atoms with Crippen molar-refractivity contribution < 1.29 is 19.1 Å². The normalized spacial score (nSPS) is 13.4. The van der Waals surface area contributed by atoms with Gasteiger partial charge in [0.05, 0.1) is 17.3 Å². The van der Waals surface area contributed by atoms with Gasteiger partial charge in [-0.2, -0.15) is 5.10 Å². The van der Waals surface area contributed by atoms with E-state index in [4.69, 9.17) is 0 Å². The number of amides is 1. The second kappa shape index (κ2) is 8.47. The highest BCUT2D eigenvalue weighted by atomic mass is 32.1. The molecule has 4 rings (SSSR count). The van der Waals surface area contributed by atoms with Gasteiger partial charge in [0.1, 0.15) is 10.8 Å². The molecule has 6 nitrogen and oxygen atoms in total. The van der Waals surface area contributed by atoms with Gasteiger partial charge in [0.2, 0.25) is 0 Å². The summed E-state index contributed by atoms with van der Waals surface area (Å²) in [4.78, 5) is 25.3. The maximum atomic E-state index is 13.7. The van der Waals surface area contributed by atoms with Crippen molar-refractivity contribution in [3.63, 3.8) is 0 Å². The smallest absolute Gasteiger partial charge is 0.339 e. The molecule has 31 heavy (non-hydrogen) atoms. The number of thiophene rings is 1. The maximum Gasteiger partial charge on any atom is 0.339 e. The standard InChI is InChI=1S/C23H22FN3O3S/c1-13-11-15(12-25-26-21(28)16-7-3-5-9-18(16)24)14(2)27(13)22-20(23(29)30)17-8-4-6-10-19(17)31-22/h3,5,7,9,11-12H,4,6,8,10H2,1-2H3,(H,26,28)(H,29,30). The lowest BCUT2D eigenvalue weighted by molar-refractivity contribution is 0.0695. The van der Waals surface area contributed by atoms with Crippen LogP contribution in [0.2, 0.25) is 0 Å². The number of rotatable bonds is 5. The fourth-order valence-electron chi connectivity index (χ4n) is 4.03. The third-order valence-corrected chi connectivity index (χ3v) is 6.81. The SMILES string of the molecule is Cc1cc(C=NNC(=O)c2ccccc2F)c(C)n1-c1sc2c(c1C(=O)O)CCCC2. The van der Waals surface area contributed by atoms with Gasteiger partial charge in [-0.15, -0.1) is 11.3 Å². The number of nitrogens with one attached hydrogen (secondary N) is 1. The van der Waals surface area contributed by atoms with E-state index < -0.39 is 17.7 Å². The van der Waals surface area contributed by atoms with E-state index in [1.54, 1.807) is 6.07 Å². The lowest BCUT2D eigenvalue weighted by Gasteiger charge is -2.11. The lowest BCUT2D eigenvalue weighted by atomic mass is 9.95. The minimum atomic E-state index is -0.908. The monoisotopic (exact) mass is 439 g/mol. The highest BCUT2D eigenvalue weighted by molar-refractivity contribution is 7.15. The van der Waals surface area contributed by atoms with E-state index in [1.165, 1.54) is 35.8 Å². The molecule has 2 aromatic heterocycles. The predicted molar refractivity (Wildman–Crippen MR) is 118 cm³/mol. The minimum Gasteiger partial charge on any atom is -0.478 e. The Labute approximate surface area is 183 Å². The average molecular weight is 440 g/mol. The van der Waals surface area contributed by atoms with Crippen molar-refractivity contribution in [3.05, 3.63) is 74.7 Å². The molecular weight excluding hydrogens is 417 g/mol. The summed E-state index contributed by atoms with van der Waals surface area (Å²) in [5, 5.41) is 14.6. The van der Waals surface area contributed by atoms with Gasteiger partial charge in [-0.3, -0.25) is 4.79 Å². The number of carboxylic acid groups (broad SMARTS) is 1. The largest absolute Gasteiger partial charge is 0.478 e. The number of hydrogen-bond acceptors (Lipinski definition) is 4. The first-order chi connectivity index (χ1) is 14.9. The summed E-state index contributed by atoms with van der Waals surface area (Å²) >= 11 is 1.54. The number of nitrogens with zero attached hydrogens (tertiary/aromatic N) is 2. The number of aromatic carboxylic acids is 1. The fourth-order valence-corrected chi connectivity index (χ4v) is 5.52. The number of carbonyl (C=O) groups excluding carboxylic acids is 1. The van der Waals surface area contributed by atoms with Crippen LogP contribution in [0.3, 0.4) is 0 Å². The van der Waals surface area contributed by atoms with E-state index in [1.807, 2.05) is 24.5 Å². The second-order valence-electron chi connectivity index (χ2n) is 7.54. The van der Waals surface area contributed by atoms with E-state index in [0.29, 0.717) is 10.6 Å². The highest BCUT2D eigenvalue weighted by Crippen LogP contribution is 2.38. The zero-order valence-corrected chi connectivity index (χ0v) is 18.1. The first-order valence-electron chi connectivity index (χ1n) is 10.0. The lowest BCUT2D eigenvalue weighted by Crippen LogP contribution is -2.19. The molecule has 0 saturated heterocycles. The van der Waals surface area contributed by atoms with Crippen LogP contribution >= 0.6 is 11.3 Å². The van der Waals surface area contributed by atoms with Gasteiger partial charge >= 0.3 is 5.97 Å². The van der Waals surface area contributed by atoms with Crippen molar-refractivity contribution in [2.45, 2.75) is 39.5 Å². The molecule has 1 aliphatic carbocycles. The molecule has 0 bridgehead atoms. The number of benzene rings is 1. The third kappa shape index (κ3) is 3.90. The van der Waals surface area contributed by atoms with Crippen LogP contribution in [0.25, 0.3) is 5.00 Å².